The molecule has 0 amide bonds. The number of cyclic esters (lactones) is 1. The Morgan fingerprint density at radius 1 is 1.03 bits per heavy atom. The normalized spacial score (nSPS) is 45.7. The molecule has 0 bridgehead atoms. The van der Waals surface area contributed by atoms with Crippen molar-refractivity contribution in [2.45, 2.75) is 90.4 Å². The van der Waals surface area contributed by atoms with Crippen molar-refractivity contribution in [3.8, 4) is 0 Å². The largest absolute Gasteiger partial charge is 0.457 e. The molecule has 1 heterocycles. The summed E-state index contributed by atoms with van der Waals surface area (Å²) in [5.74, 6) is 2.52. The standard InChI is InChI=1S/C31H43NO3/c1-29-15-13-23(33)17-22(29)9-10-24-25-11-12-27(30(25,2)16-14-26(24)29)31(3)20-32(19-28(34)35-31)18-21-7-5-4-6-8-21/h4-9,23-27,33H,10-20H2,1-3H3/t23-,24-,25-,26-,27-,29-,30?,31-/m0/s1. The Kier molecular flexibility index (Phi) is 5.73. The maximum Gasteiger partial charge on any atom is 0.320 e. The van der Waals surface area contributed by atoms with Crippen molar-refractivity contribution in [3.05, 3.63) is 47.5 Å². The number of carbonyl (C=O) groups excluding carboxylic acids is 1. The number of hydrogen-bond acceptors (Lipinski definition) is 4. The number of carbonyl (C=O) groups is 1. The molecule has 1 aliphatic heterocycles. The van der Waals surface area contributed by atoms with E-state index in [0.29, 0.717) is 18.4 Å². The van der Waals surface area contributed by atoms with Crippen molar-refractivity contribution in [1.82, 2.24) is 4.90 Å². The van der Waals surface area contributed by atoms with Gasteiger partial charge in [-0.1, -0.05) is 55.8 Å². The van der Waals surface area contributed by atoms with Gasteiger partial charge >= 0.3 is 5.97 Å². The van der Waals surface area contributed by atoms with Gasteiger partial charge in [-0.3, -0.25) is 9.69 Å². The van der Waals surface area contributed by atoms with Crippen molar-refractivity contribution >= 4 is 5.97 Å². The molecule has 4 fully saturated rings. The van der Waals surface area contributed by atoms with Crippen LogP contribution < -0.4 is 0 Å². The molecule has 4 heteroatoms. The van der Waals surface area contributed by atoms with E-state index >= 15 is 0 Å². The maximum absolute atomic E-state index is 12.9. The molecule has 8 atom stereocenters. The summed E-state index contributed by atoms with van der Waals surface area (Å²) in [4.78, 5) is 15.2. The first-order chi connectivity index (χ1) is 16.7. The Bertz CT molecular complexity index is 1010. The Morgan fingerprint density at radius 2 is 1.83 bits per heavy atom. The van der Waals surface area contributed by atoms with Gasteiger partial charge in [0.1, 0.15) is 5.60 Å². The molecule has 1 unspecified atom stereocenters. The monoisotopic (exact) mass is 477 g/mol. The van der Waals surface area contributed by atoms with E-state index in [4.69, 9.17) is 4.74 Å². The number of esters is 1. The molecule has 1 N–H and O–H groups in total. The van der Waals surface area contributed by atoms with E-state index < -0.39 is 5.60 Å². The fourth-order valence-corrected chi connectivity index (χ4v) is 9.79. The first-order valence-corrected chi connectivity index (χ1v) is 14.1. The maximum atomic E-state index is 12.9. The predicted octanol–water partition coefficient (Wildman–Crippen LogP) is 5.74. The molecule has 1 aromatic rings. The van der Waals surface area contributed by atoms with Crippen LogP contribution in [0.15, 0.2) is 42.0 Å². The molecule has 0 aromatic heterocycles. The molecule has 1 saturated heterocycles. The number of fused-ring (bicyclic) bond motifs is 5. The van der Waals surface area contributed by atoms with Crippen molar-refractivity contribution < 1.29 is 14.6 Å². The molecular weight excluding hydrogens is 434 g/mol. The Hall–Kier alpha value is -1.65. The van der Waals surface area contributed by atoms with Gasteiger partial charge in [0.15, 0.2) is 0 Å². The number of morpholine rings is 1. The third kappa shape index (κ3) is 3.82. The lowest BCUT2D eigenvalue weighted by Gasteiger charge is -2.59. The van der Waals surface area contributed by atoms with Gasteiger partial charge in [-0.2, -0.15) is 0 Å². The third-order valence-corrected chi connectivity index (χ3v) is 11.3. The zero-order chi connectivity index (χ0) is 24.4. The summed E-state index contributed by atoms with van der Waals surface area (Å²) in [5, 5.41) is 10.3. The fraction of sp³-hybridized carbons (Fsp3) is 0.710. The smallest absolute Gasteiger partial charge is 0.320 e. The fourth-order valence-electron chi connectivity index (χ4n) is 9.79. The molecule has 1 aromatic carbocycles. The number of nitrogens with zero attached hydrogens (tertiary/aromatic N) is 1. The number of aliphatic hydroxyl groups excluding tert-OH is 1. The van der Waals surface area contributed by atoms with Crippen LogP contribution in [-0.4, -0.2) is 40.8 Å². The van der Waals surface area contributed by atoms with Crippen LogP contribution in [0.2, 0.25) is 0 Å². The van der Waals surface area contributed by atoms with Crippen LogP contribution in [0.4, 0.5) is 0 Å². The highest BCUT2D eigenvalue weighted by atomic mass is 16.6. The quantitative estimate of drug-likeness (QED) is 0.445. The lowest BCUT2D eigenvalue weighted by molar-refractivity contribution is -0.191. The van der Waals surface area contributed by atoms with Gasteiger partial charge in [0.05, 0.1) is 12.6 Å². The molecule has 35 heavy (non-hydrogen) atoms. The van der Waals surface area contributed by atoms with E-state index in [9.17, 15) is 9.90 Å². The van der Waals surface area contributed by atoms with Gasteiger partial charge in [0, 0.05) is 19.0 Å². The highest BCUT2D eigenvalue weighted by Crippen LogP contribution is 2.67. The van der Waals surface area contributed by atoms with Crippen molar-refractivity contribution in [3.63, 3.8) is 0 Å². The van der Waals surface area contributed by atoms with Gasteiger partial charge in [-0.25, -0.2) is 0 Å². The molecule has 0 spiro atoms. The summed E-state index contributed by atoms with van der Waals surface area (Å²) < 4.78 is 6.27. The Labute approximate surface area is 211 Å². The molecule has 190 valence electrons. The lowest BCUT2D eigenvalue weighted by atomic mass is 9.46. The van der Waals surface area contributed by atoms with Gasteiger partial charge in [-0.15, -0.1) is 0 Å². The molecule has 3 saturated carbocycles. The average molecular weight is 478 g/mol. The number of aliphatic hydroxyl groups is 1. The second-order valence-corrected chi connectivity index (χ2v) is 13.2. The zero-order valence-corrected chi connectivity index (χ0v) is 21.8. The van der Waals surface area contributed by atoms with Crippen LogP contribution in [0, 0.1) is 34.5 Å². The topological polar surface area (TPSA) is 49.8 Å². The molecule has 0 radical (unpaired) electrons. The molecule has 5 aliphatic rings. The van der Waals surface area contributed by atoms with Crippen LogP contribution >= 0.6 is 0 Å². The molecule has 4 aliphatic carbocycles. The number of rotatable bonds is 3. The SMILES string of the molecule is CC12CC[C@H]3[C@@H](CC=C4C[C@@H](O)CC[C@@]43C)[C@@H]1CC[C@@H]2[C@]1(C)CN(Cc2ccccc2)CC(=O)O1. The molecule has 6 rings (SSSR count). The van der Waals surface area contributed by atoms with Crippen LogP contribution in [0.3, 0.4) is 0 Å². The Morgan fingerprint density at radius 3 is 2.63 bits per heavy atom. The van der Waals surface area contributed by atoms with E-state index in [1.54, 1.807) is 5.57 Å². The van der Waals surface area contributed by atoms with Gasteiger partial charge in [-0.05, 0) is 92.4 Å². The lowest BCUT2D eigenvalue weighted by Crippen LogP contribution is -2.60. The van der Waals surface area contributed by atoms with E-state index in [1.807, 2.05) is 6.07 Å². The summed E-state index contributed by atoms with van der Waals surface area (Å²) in [7, 11) is 0. The second kappa shape index (κ2) is 8.45. The summed E-state index contributed by atoms with van der Waals surface area (Å²) in [6.07, 6.45) is 11.5. The number of allylic oxidation sites excluding steroid dienone is 1. The second-order valence-electron chi connectivity index (χ2n) is 13.2. The van der Waals surface area contributed by atoms with E-state index in [0.717, 1.165) is 44.2 Å². The van der Waals surface area contributed by atoms with Crippen molar-refractivity contribution in [1.29, 1.82) is 0 Å². The summed E-state index contributed by atoms with van der Waals surface area (Å²) in [6.45, 7) is 9.29. The number of hydrogen-bond donors (Lipinski definition) is 1. The van der Waals surface area contributed by atoms with E-state index in [1.165, 1.54) is 37.7 Å². The zero-order valence-electron chi connectivity index (χ0n) is 21.8. The predicted molar refractivity (Wildman–Crippen MR) is 137 cm³/mol. The first kappa shape index (κ1) is 23.7. The van der Waals surface area contributed by atoms with E-state index in [2.05, 4.69) is 56.0 Å². The summed E-state index contributed by atoms with van der Waals surface area (Å²) >= 11 is 0. The summed E-state index contributed by atoms with van der Waals surface area (Å²) in [6, 6.07) is 10.5. The highest BCUT2D eigenvalue weighted by molar-refractivity contribution is 5.73. The Balaban J connectivity index is 1.24. The average Bonchev–Trinajstić information content (AvgIpc) is 3.18. The van der Waals surface area contributed by atoms with Crippen molar-refractivity contribution in [2.24, 2.45) is 34.5 Å². The molecule has 4 nitrogen and oxygen atoms in total. The minimum absolute atomic E-state index is 0.0612. The highest BCUT2D eigenvalue weighted by Gasteiger charge is 2.63. The number of benzene rings is 1. The van der Waals surface area contributed by atoms with Crippen molar-refractivity contribution in [2.75, 3.05) is 13.1 Å². The van der Waals surface area contributed by atoms with Gasteiger partial charge in [0.25, 0.3) is 0 Å². The van der Waals surface area contributed by atoms with Crippen LogP contribution in [-0.2, 0) is 16.1 Å². The van der Waals surface area contributed by atoms with E-state index in [-0.39, 0.29) is 22.9 Å². The number of ether oxygens (including phenoxy) is 1. The van der Waals surface area contributed by atoms with Crippen LogP contribution in [0.25, 0.3) is 0 Å². The minimum atomic E-state index is -0.422. The summed E-state index contributed by atoms with van der Waals surface area (Å²) in [5.41, 5.74) is 2.88. The first-order valence-electron chi connectivity index (χ1n) is 14.1. The minimum Gasteiger partial charge on any atom is -0.457 e. The van der Waals surface area contributed by atoms with Gasteiger partial charge < -0.3 is 9.84 Å². The molecular formula is C31H43NO3. The van der Waals surface area contributed by atoms with Crippen LogP contribution in [0.5, 0.6) is 0 Å². The van der Waals surface area contributed by atoms with Gasteiger partial charge in [0.2, 0.25) is 0 Å². The van der Waals surface area contributed by atoms with Crippen LogP contribution in [0.1, 0.15) is 77.7 Å². The third-order valence-electron chi connectivity index (χ3n) is 11.3.